The Balaban J connectivity index is 1.91. The second-order valence-corrected chi connectivity index (χ2v) is 7.10. The highest BCUT2D eigenvalue weighted by Gasteiger charge is 2.29. The molecule has 20 heavy (non-hydrogen) atoms. The van der Waals surface area contributed by atoms with E-state index in [0.29, 0.717) is 10.8 Å². The molecule has 1 aliphatic rings. The molecule has 4 heteroatoms. The number of hydrazine groups is 1. The molecule has 0 aliphatic heterocycles. The molecule has 0 saturated heterocycles. The molecule has 2 rings (SSSR count). The van der Waals surface area contributed by atoms with E-state index in [2.05, 4.69) is 19.3 Å². The highest BCUT2D eigenvalue weighted by Crippen LogP contribution is 2.36. The van der Waals surface area contributed by atoms with Crippen molar-refractivity contribution in [3.8, 4) is 0 Å². The number of halogens is 1. The van der Waals surface area contributed by atoms with Crippen LogP contribution in [0.2, 0.25) is 0 Å². The number of hydrogen-bond acceptors (Lipinski definition) is 3. The minimum absolute atomic E-state index is 0.140. The molecule has 0 radical (unpaired) electrons. The maximum Gasteiger partial charge on any atom is 0.136 e. The summed E-state index contributed by atoms with van der Waals surface area (Å²) in [7, 11) is 0. The first kappa shape index (κ1) is 15.8. The Morgan fingerprint density at radius 3 is 2.70 bits per heavy atom. The summed E-state index contributed by atoms with van der Waals surface area (Å²) >= 11 is 1.56. The zero-order valence-electron chi connectivity index (χ0n) is 12.3. The van der Waals surface area contributed by atoms with Gasteiger partial charge in [-0.25, -0.2) is 4.39 Å². The molecule has 0 amide bonds. The monoisotopic (exact) mass is 296 g/mol. The maximum atomic E-state index is 13.6. The first-order valence-corrected chi connectivity index (χ1v) is 8.43. The summed E-state index contributed by atoms with van der Waals surface area (Å²) < 4.78 is 13.6. The Bertz CT molecular complexity index is 427. The molecule has 4 unspecified atom stereocenters. The van der Waals surface area contributed by atoms with Crippen LogP contribution in [-0.4, -0.2) is 11.8 Å². The number of thioether (sulfide) groups is 1. The highest BCUT2D eigenvalue weighted by atomic mass is 32.2. The van der Waals surface area contributed by atoms with Crippen molar-refractivity contribution in [3.05, 3.63) is 30.1 Å². The van der Waals surface area contributed by atoms with Crippen LogP contribution in [0, 0.1) is 23.6 Å². The van der Waals surface area contributed by atoms with E-state index in [9.17, 15) is 4.39 Å². The van der Waals surface area contributed by atoms with Crippen LogP contribution in [0.4, 0.5) is 4.39 Å². The topological polar surface area (TPSA) is 38.0 Å². The van der Waals surface area contributed by atoms with Gasteiger partial charge < -0.3 is 0 Å². The zero-order chi connectivity index (χ0) is 14.5. The Morgan fingerprint density at radius 1 is 1.30 bits per heavy atom. The molecule has 1 aromatic carbocycles. The van der Waals surface area contributed by atoms with Crippen molar-refractivity contribution in [1.29, 1.82) is 0 Å². The van der Waals surface area contributed by atoms with Crippen LogP contribution >= 0.6 is 11.8 Å². The van der Waals surface area contributed by atoms with Crippen molar-refractivity contribution in [2.24, 2.45) is 23.6 Å². The number of hydrogen-bond donors (Lipinski definition) is 2. The third kappa shape index (κ3) is 3.96. The van der Waals surface area contributed by atoms with E-state index in [1.54, 1.807) is 17.8 Å². The van der Waals surface area contributed by atoms with Gasteiger partial charge in [-0.15, -0.1) is 11.8 Å². The van der Waals surface area contributed by atoms with Gasteiger partial charge in [0.1, 0.15) is 5.82 Å². The fourth-order valence-electron chi connectivity index (χ4n) is 3.02. The molecular formula is C16H25FN2S. The molecule has 1 fully saturated rings. The lowest BCUT2D eigenvalue weighted by molar-refractivity contribution is 0.179. The van der Waals surface area contributed by atoms with Crippen molar-refractivity contribution in [2.75, 3.05) is 5.75 Å². The number of benzene rings is 1. The molecule has 0 heterocycles. The van der Waals surface area contributed by atoms with Crippen LogP contribution in [0.3, 0.4) is 0 Å². The summed E-state index contributed by atoms with van der Waals surface area (Å²) in [5, 5.41) is 0. The molecule has 2 nitrogen and oxygen atoms in total. The maximum absolute atomic E-state index is 13.6. The Hall–Kier alpha value is -0.580. The van der Waals surface area contributed by atoms with Crippen LogP contribution in [0.1, 0.15) is 33.1 Å². The predicted molar refractivity (Wildman–Crippen MR) is 83.9 cm³/mol. The summed E-state index contributed by atoms with van der Waals surface area (Å²) in [5.41, 5.74) is 2.95. The van der Waals surface area contributed by atoms with Gasteiger partial charge in [-0.1, -0.05) is 32.4 Å². The summed E-state index contributed by atoms with van der Waals surface area (Å²) in [4.78, 5) is 0.713. The number of nitrogens with one attached hydrogen (secondary N) is 1. The van der Waals surface area contributed by atoms with Crippen molar-refractivity contribution in [3.63, 3.8) is 0 Å². The molecule has 1 saturated carbocycles. The van der Waals surface area contributed by atoms with Gasteiger partial charge >= 0.3 is 0 Å². The van der Waals surface area contributed by atoms with Gasteiger partial charge in [0.05, 0.1) is 0 Å². The first-order valence-electron chi connectivity index (χ1n) is 7.45. The van der Waals surface area contributed by atoms with E-state index >= 15 is 0 Å². The van der Waals surface area contributed by atoms with Crippen LogP contribution in [0.25, 0.3) is 0 Å². The van der Waals surface area contributed by atoms with Crippen LogP contribution in [0.15, 0.2) is 29.2 Å². The molecule has 0 bridgehead atoms. The van der Waals surface area contributed by atoms with E-state index in [0.717, 1.165) is 17.6 Å². The zero-order valence-corrected chi connectivity index (χ0v) is 13.1. The first-order chi connectivity index (χ1) is 9.61. The minimum atomic E-state index is -0.140. The summed E-state index contributed by atoms with van der Waals surface area (Å²) in [5.74, 6) is 8.58. The van der Waals surface area contributed by atoms with Gasteiger partial charge in [0.25, 0.3) is 0 Å². The predicted octanol–water partition coefficient (Wildman–Crippen LogP) is 3.82. The van der Waals surface area contributed by atoms with Crippen molar-refractivity contribution >= 4 is 11.8 Å². The van der Waals surface area contributed by atoms with Crippen molar-refractivity contribution in [2.45, 2.75) is 44.0 Å². The van der Waals surface area contributed by atoms with Crippen LogP contribution in [-0.2, 0) is 0 Å². The van der Waals surface area contributed by atoms with Gasteiger partial charge in [0.15, 0.2) is 0 Å². The van der Waals surface area contributed by atoms with E-state index in [1.807, 2.05) is 12.1 Å². The van der Waals surface area contributed by atoms with E-state index in [4.69, 9.17) is 5.84 Å². The molecule has 0 aromatic heterocycles. The molecule has 112 valence electrons. The summed E-state index contributed by atoms with van der Waals surface area (Å²) in [6.45, 7) is 4.66. The molecule has 3 N–H and O–H groups in total. The normalized spacial score (nSPS) is 28.3. The second-order valence-electron chi connectivity index (χ2n) is 6.04. The van der Waals surface area contributed by atoms with E-state index < -0.39 is 0 Å². The SMILES string of the molecule is CC1CCC(C(CSc2ccccc2F)NN)CC1C. The average Bonchev–Trinajstić information content (AvgIpc) is 2.45. The third-order valence-corrected chi connectivity index (χ3v) is 5.84. The molecule has 4 atom stereocenters. The van der Waals surface area contributed by atoms with Crippen molar-refractivity contribution < 1.29 is 4.39 Å². The Morgan fingerprint density at radius 2 is 2.05 bits per heavy atom. The quantitative estimate of drug-likeness (QED) is 0.493. The standard InChI is InChI=1S/C16H25FN2S/c1-11-7-8-13(9-12(11)2)15(19-18)10-20-16-6-4-3-5-14(16)17/h3-6,11-13,15,19H,7-10,18H2,1-2H3. The van der Waals surface area contributed by atoms with Gasteiger partial charge in [-0.3, -0.25) is 11.3 Å². The number of rotatable bonds is 5. The lowest BCUT2D eigenvalue weighted by atomic mass is 9.73. The molecule has 0 spiro atoms. The lowest BCUT2D eigenvalue weighted by Crippen LogP contribution is -2.45. The number of nitrogens with two attached hydrogens (primary N) is 1. The van der Waals surface area contributed by atoms with E-state index in [1.165, 1.54) is 25.3 Å². The van der Waals surface area contributed by atoms with Gasteiger partial charge in [0.2, 0.25) is 0 Å². The fourth-order valence-corrected chi connectivity index (χ4v) is 4.12. The Kier molecular flexibility index (Phi) is 5.87. The molecule has 1 aromatic rings. The molecular weight excluding hydrogens is 271 g/mol. The average molecular weight is 296 g/mol. The minimum Gasteiger partial charge on any atom is -0.271 e. The largest absolute Gasteiger partial charge is 0.271 e. The second kappa shape index (κ2) is 7.43. The van der Waals surface area contributed by atoms with Gasteiger partial charge in [0, 0.05) is 16.7 Å². The van der Waals surface area contributed by atoms with Crippen LogP contribution < -0.4 is 11.3 Å². The van der Waals surface area contributed by atoms with Crippen LogP contribution in [0.5, 0.6) is 0 Å². The summed E-state index contributed by atoms with van der Waals surface area (Å²) in [6.07, 6.45) is 3.71. The third-order valence-electron chi connectivity index (χ3n) is 4.68. The fraction of sp³-hybridized carbons (Fsp3) is 0.625. The molecule has 1 aliphatic carbocycles. The Labute approximate surface area is 125 Å². The van der Waals surface area contributed by atoms with Gasteiger partial charge in [-0.2, -0.15) is 0 Å². The van der Waals surface area contributed by atoms with Gasteiger partial charge in [-0.05, 0) is 42.7 Å². The summed E-state index contributed by atoms with van der Waals surface area (Å²) in [6, 6.07) is 7.20. The van der Waals surface area contributed by atoms with E-state index in [-0.39, 0.29) is 11.9 Å². The highest BCUT2D eigenvalue weighted by molar-refractivity contribution is 7.99. The van der Waals surface area contributed by atoms with Crippen molar-refractivity contribution in [1.82, 2.24) is 5.43 Å². The lowest BCUT2D eigenvalue weighted by Gasteiger charge is -2.36. The smallest absolute Gasteiger partial charge is 0.136 e.